The maximum atomic E-state index is 14.2. The van der Waals surface area contributed by atoms with Crippen molar-refractivity contribution in [1.82, 2.24) is 4.57 Å². The molecule has 2 heterocycles. The molecule has 50 heavy (non-hydrogen) atoms. The highest BCUT2D eigenvalue weighted by Crippen LogP contribution is 2.37. The van der Waals surface area contributed by atoms with Gasteiger partial charge >= 0.3 is 11.9 Å². The van der Waals surface area contributed by atoms with Crippen molar-refractivity contribution in [2.24, 2.45) is 4.99 Å². The third-order valence-electron chi connectivity index (χ3n) is 7.46. The lowest BCUT2D eigenvalue weighted by Gasteiger charge is -2.25. The average Bonchev–Trinajstić information content (AvgIpc) is 3.40. The van der Waals surface area contributed by atoms with Crippen LogP contribution < -0.4 is 29.1 Å². The number of thiazole rings is 1. The highest BCUT2D eigenvalue weighted by Gasteiger charge is 2.34. The van der Waals surface area contributed by atoms with Crippen LogP contribution in [0.4, 0.5) is 0 Å². The molecular formula is C36H31BrIN3O8S. The minimum atomic E-state index is -0.883. The smallest absolute Gasteiger partial charge is 0.343 e. The number of allylic oxidation sites excluding steroid dienone is 1. The SMILES string of the molecule is CCOC(=O)C1=C(C)N=c2s/c(=C/c3cc(Br)c(OCc4ccc(C#N)cc4)c(I)c3)c(=O)n2[C@H]1c1ccc(OCC(=O)OC)c(OCC)c1. The molecule has 11 nitrogen and oxygen atoms in total. The minimum absolute atomic E-state index is 0.137. The van der Waals surface area contributed by atoms with E-state index in [4.69, 9.17) is 24.2 Å². The summed E-state index contributed by atoms with van der Waals surface area (Å²) >= 11 is 7.01. The predicted octanol–water partition coefficient (Wildman–Crippen LogP) is 5.57. The second-order valence-corrected chi connectivity index (χ2v) is 13.7. The van der Waals surface area contributed by atoms with Gasteiger partial charge in [0.2, 0.25) is 0 Å². The van der Waals surface area contributed by atoms with Crippen LogP contribution in [0.2, 0.25) is 0 Å². The van der Waals surface area contributed by atoms with Gasteiger partial charge in [-0.3, -0.25) is 9.36 Å². The minimum Gasteiger partial charge on any atom is -0.490 e. The highest BCUT2D eigenvalue weighted by molar-refractivity contribution is 14.1. The molecule has 1 atom stereocenters. The van der Waals surface area contributed by atoms with Crippen molar-refractivity contribution < 1.29 is 33.3 Å². The van der Waals surface area contributed by atoms with Gasteiger partial charge in [0, 0.05) is 0 Å². The van der Waals surface area contributed by atoms with Gasteiger partial charge in [-0.15, -0.1) is 0 Å². The number of carbonyl (C=O) groups excluding carboxylic acids is 2. The van der Waals surface area contributed by atoms with Crippen LogP contribution in [0, 0.1) is 14.9 Å². The van der Waals surface area contributed by atoms with Gasteiger partial charge in [-0.2, -0.15) is 5.26 Å². The molecule has 1 aromatic heterocycles. The molecule has 0 amide bonds. The number of halogens is 2. The van der Waals surface area contributed by atoms with Gasteiger partial charge < -0.3 is 23.7 Å². The van der Waals surface area contributed by atoms with Crippen LogP contribution in [0.1, 0.15) is 49.1 Å². The molecule has 258 valence electrons. The molecule has 0 saturated heterocycles. The molecular weight excluding hydrogens is 841 g/mol. The fourth-order valence-corrected chi connectivity index (χ4v) is 7.98. The van der Waals surface area contributed by atoms with E-state index >= 15 is 0 Å². The van der Waals surface area contributed by atoms with Gasteiger partial charge in [0.25, 0.3) is 5.56 Å². The van der Waals surface area contributed by atoms with E-state index in [1.165, 1.54) is 23.0 Å². The Kier molecular flexibility index (Phi) is 12.1. The average molecular weight is 873 g/mol. The summed E-state index contributed by atoms with van der Waals surface area (Å²) in [7, 11) is 1.27. The van der Waals surface area contributed by atoms with E-state index in [-0.39, 0.29) is 24.3 Å². The number of carbonyl (C=O) groups is 2. The van der Waals surface area contributed by atoms with E-state index in [9.17, 15) is 14.4 Å². The van der Waals surface area contributed by atoms with Crippen molar-refractivity contribution in [3.8, 4) is 23.3 Å². The van der Waals surface area contributed by atoms with Crippen LogP contribution in [0.25, 0.3) is 6.08 Å². The molecule has 3 aromatic carbocycles. The molecule has 0 aliphatic carbocycles. The fourth-order valence-electron chi connectivity index (χ4n) is 5.17. The van der Waals surface area contributed by atoms with Gasteiger partial charge in [0.05, 0.1) is 61.8 Å². The summed E-state index contributed by atoms with van der Waals surface area (Å²) < 4.78 is 31.1. The number of nitrogens with zero attached hydrogens (tertiary/aromatic N) is 3. The molecule has 1 aliphatic heterocycles. The molecule has 4 aromatic rings. The number of nitriles is 1. The number of benzene rings is 3. The molecule has 0 fully saturated rings. The molecule has 0 N–H and O–H groups in total. The Hall–Kier alpha value is -4.46. The van der Waals surface area contributed by atoms with E-state index in [0.717, 1.165) is 14.7 Å². The number of hydrogen-bond acceptors (Lipinski definition) is 11. The van der Waals surface area contributed by atoms with Crippen molar-refractivity contribution in [2.75, 3.05) is 26.9 Å². The van der Waals surface area contributed by atoms with E-state index in [2.05, 4.69) is 54.3 Å². The maximum absolute atomic E-state index is 14.2. The highest BCUT2D eigenvalue weighted by atomic mass is 127. The fraction of sp³-hybridized carbons (Fsp3) is 0.250. The van der Waals surface area contributed by atoms with Crippen molar-refractivity contribution in [2.45, 2.75) is 33.4 Å². The van der Waals surface area contributed by atoms with Gasteiger partial charge in [0.15, 0.2) is 22.9 Å². The Morgan fingerprint density at radius 3 is 2.48 bits per heavy atom. The molecule has 0 unspecified atom stereocenters. The van der Waals surface area contributed by atoms with Crippen LogP contribution >= 0.6 is 49.9 Å². The standard InChI is InChI=1S/C36H31BrIN3O8S/c1-5-46-28-16-24(11-12-27(28)48-19-30(42)45-4)32-31(35(44)47-6-2)20(3)40-36-41(32)34(43)29(50-36)15-23-13-25(37)33(26(38)14-23)49-18-22-9-7-21(17-39)8-10-22/h7-16,32H,5-6,18-19H2,1-4H3/b29-15+/t32-/m0/s1. The van der Waals surface area contributed by atoms with Crippen LogP contribution in [-0.4, -0.2) is 43.4 Å². The monoisotopic (exact) mass is 871 g/mol. The van der Waals surface area contributed by atoms with Gasteiger partial charge in [-0.25, -0.2) is 14.6 Å². The first kappa shape index (κ1) is 36.8. The zero-order chi connectivity index (χ0) is 35.9. The summed E-state index contributed by atoms with van der Waals surface area (Å²) in [6.45, 7) is 5.65. The molecule has 5 rings (SSSR count). The van der Waals surface area contributed by atoms with Crippen molar-refractivity contribution in [3.05, 3.63) is 116 Å². The number of hydrogen-bond donors (Lipinski definition) is 0. The Labute approximate surface area is 313 Å². The Morgan fingerprint density at radius 2 is 1.82 bits per heavy atom. The first-order valence-electron chi connectivity index (χ1n) is 15.3. The number of ether oxygens (including phenoxy) is 5. The summed E-state index contributed by atoms with van der Waals surface area (Å²) in [6, 6.07) is 17.2. The van der Waals surface area contributed by atoms with Crippen molar-refractivity contribution in [3.63, 3.8) is 0 Å². The lowest BCUT2D eigenvalue weighted by molar-refractivity contribution is -0.143. The predicted molar refractivity (Wildman–Crippen MR) is 198 cm³/mol. The molecule has 0 radical (unpaired) electrons. The number of rotatable bonds is 12. The summed E-state index contributed by atoms with van der Waals surface area (Å²) in [5, 5.41) is 9.05. The number of fused-ring (bicyclic) bond motifs is 1. The van der Waals surface area contributed by atoms with E-state index < -0.39 is 18.0 Å². The normalized spacial score (nSPS) is 13.9. The Bertz CT molecular complexity index is 2180. The lowest BCUT2D eigenvalue weighted by atomic mass is 9.95. The topological polar surface area (TPSA) is 138 Å². The quantitative estimate of drug-likeness (QED) is 0.132. The molecule has 0 saturated carbocycles. The lowest BCUT2D eigenvalue weighted by Crippen LogP contribution is -2.40. The summed E-state index contributed by atoms with van der Waals surface area (Å²) in [5.41, 5.74) is 3.10. The van der Waals surface area contributed by atoms with Gasteiger partial charge in [-0.1, -0.05) is 29.5 Å². The molecule has 0 bridgehead atoms. The zero-order valence-corrected chi connectivity index (χ0v) is 32.0. The van der Waals surface area contributed by atoms with E-state index in [1.807, 2.05) is 31.2 Å². The molecule has 0 spiro atoms. The Balaban J connectivity index is 1.55. The van der Waals surface area contributed by atoms with Crippen molar-refractivity contribution >= 4 is 67.9 Å². The summed E-state index contributed by atoms with van der Waals surface area (Å²) in [6.07, 6.45) is 1.77. The van der Waals surface area contributed by atoms with E-state index in [0.29, 0.717) is 61.1 Å². The number of aromatic nitrogens is 1. The van der Waals surface area contributed by atoms with E-state index in [1.54, 1.807) is 50.3 Å². The third kappa shape index (κ3) is 8.11. The largest absolute Gasteiger partial charge is 0.490 e. The van der Waals surface area contributed by atoms with Gasteiger partial charge in [0.1, 0.15) is 12.4 Å². The van der Waals surface area contributed by atoms with Crippen LogP contribution in [0.5, 0.6) is 17.2 Å². The van der Waals surface area contributed by atoms with Gasteiger partial charge in [-0.05, 0) is 118 Å². The Morgan fingerprint density at radius 1 is 1.06 bits per heavy atom. The maximum Gasteiger partial charge on any atom is 0.343 e. The zero-order valence-electron chi connectivity index (χ0n) is 27.5. The number of esters is 2. The summed E-state index contributed by atoms with van der Waals surface area (Å²) in [4.78, 5) is 44.4. The molecule has 1 aliphatic rings. The van der Waals surface area contributed by atoms with Crippen LogP contribution in [-0.2, 0) is 25.7 Å². The first-order valence-corrected chi connectivity index (χ1v) is 18.0. The second kappa shape index (κ2) is 16.5. The van der Waals surface area contributed by atoms with Crippen LogP contribution in [0.15, 0.2) is 80.1 Å². The third-order valence-corrected chi connectivity index (χ3v) is 9.83. The number of methoxy groups -OCH3 is 1. The first-order chi connectivity index (χ1) is 24.1. The second-order valence-electron chi connectivity index (χ2n) is 10.7. The summed E-state index contributed by atoms with van der Waals surface area (Å²) in [5.74, 6) is 0.129. The van der Waals surface area contributed by atoms with Crippen molar-refractivity contribution in [1.29, 1.82) is 5.26 Å². The van der Waals surface area contributed by atoms with Crippen LogP contribution in [0.3, 0.4) is 0 Å². The molecule has 14 heteroatoms.